The molecule has 0 bridgehead atoms. The van der Waals surface area contributed by atoms with E-state index in [1.54, 1.807) is 6.20 Å². The van der Waals surface area contributed by atoms with Crippen molar-refractivity contribution in [2.75, 3.05) is 0 Å². The zero-order chi connectivity index (χ0) is 23.2. The fourth-order valence-corrected chi connectivity index (χ4v) is 4.61. The maximum Gasteiger partial charge on any atom is 0.137 e. The molecule has 0 radical (unpaired) electrons. The number of aromatic nitrogens is 5. The average molecular weight is 450 g/mol. The molecule has 5 nitrogen and oxygen atoms in total. The minimum Gasteiger partial charge on any atom is -0.298 e. The maximum atomic E-state index is 5.07. The van der Waals surface area contributed by atoms with Gasteiger partial charge in [-0.05, 0) is 42.5 Å². The van der Waals surface area contributed by atoms with Gasteiger partial charge >= 0.3 is 0 Å². The second-order valence-corrected chi connectivity index (χ2v) is 8.42. The van der Waals surface area contributed by atoms with E-state index in [1.807, 2.05) is 79.0 Å². The molecule has 0 aliphatic heterocycles. The first-order valence-corrected chi connectivity index (χ1v) is 11.5. The monoisotopic (exact) mass is 449 g/mol. The van der Waals surface area contributed by atoms with Crippen molar-refractivity contribution in [2.24, 2.45) is 0 Å². The minimum absolute atomic E-state index is 0.857. The van der Waals surface area contributed by atoms with Crippen LogP contribution in [0.3, 0.4) is 0 Å². The highest BCUT2D eigenvalue weighted by molar-refractivity contribution is 6.09. The third-order valence-corrected chi connectivity index (χ3v) is 6.28. The minimum atomic E-state index is 0.857. The molecule has 0 unspecified atom stereocenters. The fourth-order valence-electron chi connectivity index (χ4n) is 4.61. The molecule has 0 atom stereocenters. The fraction of sp³-hybridized carbons (Fsp3) is 0. The van der Waals surface area contributed by atoms with E-state index in [2.05, 4.69) is 39.7 Å². The Morgan fingerprint density at radius 2 is 1.31 bits per heavy atom. The molecule has 164 valence electrons. The topological polar surface area (TPSA) is 56.0 Å². The lowest BCUT2D eigenvalue weighted by Crippen LogP contribution is -1.93. The van der Waals surface area contributed by atoms with Crippen LogP contribution in [0.4, 0.5) is 0 Å². The van der Waals surface area contributed by atoms with Crippen LogP contribution in [0.15, 0.2) is 116 Å². The average Bonchev–Trinajstić information content (AvgIpc) is 3.33. The summed E-state index contributed by atoms with van der Waals surface area (Å²) in [6, 6.07) is 34.6. The first kappa shape index (κ1) is 19.6. The van der Waals surface area contributed by atoms with Crippen molar-refractivity contribution in [1.82, 2.24) is 24.3 Å². The van der Waals surface area contributed by atoms with Gasteiger partial charge in [-0.15, -0.1) is 0 Å². The van der Waals surface area contributed by atoms with Gasteiger partial charge < -0.3 is 0 Å². The summed E-state index contributed by atoms with van der Waals surface area (Å²) in [5, 5.41) is 1.06. The first-order valence-electron chi connectivity index (χ1n) is 11.5. The van der Waals surface area contributed by atoms with Crippen LogP contribution in [-0.2, 0) is 0 Å². The van der Waals surface area contributed by atoms with Crippen LogP contribution in [0.5, 0.6) is 0 Å². The predicted molar refractivity (Wildman–Crippen MR) is 140 cm³/mol. The molecule has 0 N–H and O–H groups in total. The normalized spacial score (nSPS) is 11.4. The molecule has 0 fully saturated rings. The number of hydrogen-bond donors (Lipinski definition) is 0. The molecule has 5 heterocycles. The van der Waals surface area contributed by atoms with Gasteiger partial charge in [-0.3, -0.25) is 9.38 Å². The second-order valence-electron chi connectivity index (χ2n) is 8.42. The Bertz CT molecular complexity index is 1840. The maximum absolute atomic E-state index is 5.07. The van der Waals surface area contributed by atoms with E-state index in [-0.39, 0.29) is 0 Å². The molecule has 5 heteroatoms. The lowest BCUT2D eigenvalue weighted by Gasteiger charge is -2.09. The number of pyridine rings is 4. The Morgan fingerprint density at radius 1 is 0.543 bits per heavy atom. The van der Waals surface area contributed by atoms with Crippen LogP contribution in [0.1, 0.15) is 0 Å². The zero-order valence-electron chi connectivity index (χ0n) is 18.7. The van der Waals surface area contributed by atoms with Crippen molar-refractivity contribution in [2.45, 2.75) is 0 Å². The number of para-hydroxylation sites is 1. The van der Waals surface area contributed by atoms with Gasteiger partial charge in [-0.25, -0.2) is 15.0 Å². The Labute approximate surface area is 201 Å². The quantitative estimate of drug-likeness (QED) is 0.297. The summed E-state index contributed by atoms with van der Waals surface area (Å²) in [7, 11) is 0. The SMILES string of the molecule is c1ccc(-c2cccc(-c3ccc(-c4nc5ccccc5c5nc6ccccn6c45)cc3)n2)nc1. The summed E-state index contributed by atoms with van der Waals surface area (Å²) in [6.07, 6.45) is 3.84. The van der Waals surface area contributed by atoms with E-state index >= 15 is 0 Å². The van der Waals surface area contributed by atoms with Crippen LogP contribution < -0.4 is 0 Å². The van der Waals surface area contributed by atoms with Gasteiger partial charge in [0, 0.05) is 28.9 Å². The number of hydrogen-bond acceptors (Lipinski definition) is 4. The molecular formula is C30H19N5. The largest absolute Gasteiger partial charge is 0.298 e. The van der Waals surface area contributed by atoms with Gasteiger partial charge in [-0.1, -0.05) is 60.7 Å². The highest BCUT2D eigenvalue weighted by Gasteiger charge is 2.16. The smallest absolute Gasteiger partial charge is 0.137 e. The highest BCUT2D eigenvalue weighted by Crippen LogP contribution is 2.33. The van der Waals surface area contributed by atoms with E-state index in [1.165, 1.54) is 0 Å². The van der Waals surface area contributed by atoms with Gasteiger partial charge in [0.2, 0.25) is 0 Å². The van der Waals surface area contributed by atoms with Crippen LogP contribution in [-0.4, -0.2) is 24.3 Å². The summed E-state index contributed by atoms with van der Waals surface area (Å²) in [6.45, 7) is 0. The third-order valence-electron chi connectivity index (χ3n) is 6.28. The lowest BCUT2D eigenvalue weighted by atomic mass is 10.0. The molecule has 0 amide bonds. The number of nitrogens with zero attached hydrogens (tertiary/aromatic N) is 5. The molecule has 0 aliphatic carbocycles. The zero-order valence-corrected chi connectivity index (χ0v) is 18.7. The van der Waals surface area contributed by atoms with E-state index in [0.717, 1.165) is 61.5 Å². The summed E-state index contributed by atoms with van der Waals surface area (Å²) < 4.78 is 2.12. The third kappa shape index (κ3) is 3.25. The van der Waals surface area contributed by atoms with Crippen molar-refractivity contribution in [3.05, 3.63) is 116 Å². The van der Waals surface area contributed by atoms with E-state index < -0.39 is 0 Å². The Hall–Kier alpha value is -4.90. The summed E-state index contributed by atoms with van der Waals surface area (Å²) >= 11 is 0. The molecule has 0 saturated heterocycles. The number of imidazole rings is 1. The first-order chi connectivity index (χ1) is 17.3. The van der Waals surface area contributed by atoms with Crippen molar-refractivity contribution < 1.29 is 0 Å². The molecule has 0 aliphatic rings. The van der Waals surface area contributed by atoms with Crippen molar-refractivity contribution in [3.63, 3.8) is 0 Å². The second kappa shape index (κ2) is 7.85. The van der Waals surface area contributed by atoms with Crippen LogP contribution >= 0.6 is 0 Å². The van der Waals surface area contributed by atoms with Crippen molar-refractivity contribution >= 4 is 27.6 Å². The van der Waals surface area contributed by atoms with Crippen molar-refractivity contribution in [1.29, 1.82) is 0 Å². The standard InChI is InChI=1S/C30H19N5/c1-2-9-24-22(8-1)29-30(35-19-6-4-13-27(35)34-29)28(33-24)21-16-14-20(15-17-21)23-11-7-12-26(32-23)25-10-3-5-18-31-25/h1-19H. The summed E-state index contributed by atoms with van der Waals surface area (Å²) in [5.41, 5.74) is 9.45. The number of benzene rings is 2. The molecule has 0 saturated carbocycles. The molecular weight excluding hydrogens is 430 g/mol. The Kier molecular flexibility index (Phi) is 4.39. The summed E-state index contributed by atoms with van der Waals surface area (Å²) in [5.74, 6) is 0. The van der Waals surface area contributed by atoms with Gasteiger partial charge in [0.1, 0.15) is 11.2 Å². The predicted octanol–water partition coefficient (Wildman–Crippen LogP) is 6.83. The van der Waals surface area contributed by atoms with Crippen molar-refractivity contribution in [3.8, 4) is 33.9 Å². The number of rotatable bonds is 3. The van der Waals surface area contributed by atoms with E-state index in [9.17, 15) is 0 Å². The Balaban J connectivity index is 1.38. The van der Waals surface area contributed by atoms with Gasteiger partial charge in [0.25, 0.3) is 0 Å². The molecule has 7 rings (SSSR count). The molecule has 7 aromatic rings. The highest BCUT2D eigenvalue weighted by atomic mass is 15.0. The molecule has 35 heavy (non-hydrogen) atoms. The van der Waals surface area contributed by atoms with Gasteiger partial charge in [0.15, 0.2) is 0 Å². The van der Waals surface area contributed by atoms with E-state index in [4.69, 9.17) is 15.0 Å². The van der Waals surface area contributed by atoms with Gasteiger partial charge in [0.05, 0.1) is 33.8 Å². The van der Waals surface area contributed by atoms with Crippen LogP contribution in [0.2, 0.25) is 0 Å². The molecule has 2 aromatic carbocycles. The van der Waals surface area contributed by atoms with Crippen LogP contribution in [0, 0.1) is 0 Å². The van der Waals surface area contributed by atoms with Gasteiger partial charge in [-0.2, -0.15) is 0 Å². The molecule has 5 aromatic heterocycles. The molecule has 0 spiro atoms. The number of fused-ring (bicyclic) bond motifs is 5. The van der Waals surface area contributed by atoms with Crippen LogP contribution in [0.25, 0.3) is 61.5 Å². The lowest BCUT2D eigenvalue weighted by molar-refractivity contribution is 1.22. The Morgan fingerprint density at radius 3 is 2.20 bits per heavy atom. The van der Waals surface area contributed by atoms with E-state index in [0.29, 0.717) is 0 Å². The summed E-state index contributed by atoms with van der Waals surface area (Å²) in [4.78, 5) is 19.3.